The molecular formula is C13H22N2O2S. The molecule has 4 nitrogen and oxygen atoms in total. The van der Waals surface area contributed by atoms with Crippen molar-refractivity contribution in [3.05, 3.63) is 29.8 Å². The van der Waals surface area contributed by atoms with Crippen LogP contribution >= 0.6 is 0 Å². The van der Waals surface area contributed by atoms with Crippen molar-refractivity contribution in [2.75, 3.05) is 25.9 Å². The molecule has 18 heavy (non-hydrogen) atoms. The van der Waals surface area contributed by atoms with Gasteiger partial charge in [-0.25, -0.2) is 8.42 Å². The van der Waals surface area contributed by atoms with Gasteiger partial charge in [-0.3, -0.25) is 0 Å². The Morgan fingerprint density at radius 3 is 2.28 bits per heavy atom. The van der Waals surface area contributed by atoms with Crippen LogP contribution in [0.25, 0.3) is 0 Å². The van der Waals surface area contributed by atoms with Crippen molar-refractivity contribution in [3.63, 3.8) is 0 Å². The van der Waals surface area contributed by atoms with E-state index in [1.165, 1.54) is 0 Å². The number of rotatable bonds is 7. The molecule has 0 aliphatic rings. The second kappa shape index (κ2) is 6.87. The molecule has 0 radical (unpaired) electrons. The van der Waals surface area contributed by atoms with Crippen LogP contribution in [0.15, 0.2) is 29.2 Å². The first-order valence-electron chi connectivity index (χ1n) is 6.20. The lowest BCUT2D eigenvalue weighted by molar-refractivity contribution is 0.354. The van der Waals surface area contributed by atoms with Gasteiger partial charge in [0.2, 0.25) is 0 Å². The Bertz CT molecular complexity index is 454. The zero-order valence-electron chi connectivity index (χ0n) is 11.1. The van der Waals surface area contributed by atoms with Gasteiger partial charge in [-0.2, -0.15) is 0 Å². The average molecular weight is 270 g/mol. The molecule has 0 saturated carbocycles. The Balaban J connectivity index is 2.67. The Hall–Kier alpha value is -0.910. The number of nitrogens with two attached hydrogens (primary N) is 1. The molecular weight excluding hydrogens is 248 g/mol. The minimum Gasteiger partial charge on any atom is -0.326 e. The molecule has 0 spiro atoms. The van der Waals surface area contributed by atoms with Crippen LogP contribution in [0.3, 0.4) is 0 Å². The Morgan fingerprint density at radius 1 is 1.17 bits per heavy atom. The van der Waals surface area contributed by atoms with E-state index in [9.17, 15) is 8.42 Å². The monoisotopic (exact) mass is 270 g/mol. The van der Waals surface area contributed by atoms with Crippen molar-refractivity contribution in [2.24, 2.45) is 5.73 Å². The Kier molecular flexibility index (Phi) is 5.78. The van der Waals surface area contributed by atoms with E-state index in [0.717, 1.165) is 18.5 Å². The van der Waals surface area contributed by atoms with Crippen molar-refractivity contribution < 1.29 is 8.42 Å². The van der Waals surface area contributed by atoms with Crippen LogP contribution in [-0.2, 0) is 16.4 Å². The summed E-state index contributed by atoms with van der Waals surface area (Å²) in [6.45, 7) is 3.99. The normalized spacial score (nSPS) is 12.0. The fraction of sp³-hybridized carbons (Fsp3) is 0.538. The molecule has 0 atom stereocenters. The second-order valence-electron chi connectivity index (χ2n) is 4.47. The second-order valence-corrected chi connectivity index (χ2v) is 6.58. The maximum atomic E-state index is 12.1. The summed E-state index contributed by atoms with van der Waals surface area (Å²) >= 11 is 0. The zero-order valence-corrected chi connectivity index (χ0v) is 11.9. The number of sulfone groups is 1. The first kappa shape index (κ1) is 15.1. The topological polar surface area (TPSA) is 63.4 Å². The largest absolute Gasteiger partial charge is 0.326 e. The van der Waals surface area contributed by atoms with Crippen LogP contribution in [0.4, 0.5) is 0 Å². The molecule has 0 aliphatic heterocycles. The highest BCUT2D eigenvalue weighted by molar-refractivity contribution is 7.91. The summed E-state index contributed by atoms with van der Waals surface area (Å²) in [6.07, 6.45) is 1.03. The van der Waals surface area contributed by atoms with Crippen molar-refractivity contribution >= 4 is 9.84 Å². The van der Waals surface area contributed by atoms with Crippen molar-refractivity contribution in [1.29, 1.82) is 0 Å². The minimum absolute atomic E-state index is 0.158. The van der Waals surface area contributed by atoms with Gasteiger partial charge in [0.05, 0.1) is 10.6 Å². The SMILES string of the molecule is CCCN(C)CCS(=O)(=O)c1ccc(CN)cc1. The van der Waals surface area contributed by atoms with Gasteiger partial charge >= 0.3 is 0 Å². The highest BCUT2D eigenvalue weighted by atomic mass is 32.2. The minimum atomic E-state index is -3.18. The molecule has 0 heterocycles. The van der Waals surface area contributed by atoms with E-state index in [4.69, 9.17) is 5.73 Å². The number of hydrogen-bond donors (Lipinski definition) is 1. The standard InChI is InChI=1S/C13H22N2O2S/c1-3-8-15(2)9-10-18(16,17)13-6-4-12(11-14)5-7-13/h4-7H,3,8-11,14H2,1-2H3. The van der Waals surface area contributed by atoms with Crippen LogP contribution in [0.5, 0.6) is 0 Å². The third-order valence-electron chi connectivity index (χ3n) is 2.87. The smallest absolute Gasteiger partial charge is 0.179 e. The molecule has 1 aromatic rings. The van der Waals surface area contributed by atoms with E-state index < -0.39 is 9.84 Å². The van der Waals surface area contributed by atoms with Crippen LogP contribution in [0.1, 0.15) is 18.9 Å². The molecule has 1 rings (SSSR count). The predicted octanol–water partition coefficient (Wildman–Crippen LogP) is 1.26. The van der Waals surface area contributed by atoms with Gasteiger partial charge in [-0.15, -0.1) is 0 Å². The third kappa shape index (κ3) is 4.40. The molecule has 0 aliphatic carbocycles. The summed E-state index contributed by atoms with van der Waals surface area (Å²) in [5.41, 5.74) is 6.43. The fourth-order valence-corrected chi connectivity index (χ4v) is 3.06. The molecule has 1 aromatic carbocycles. The summed E-state index contributed by atoms with van der Waals surface area (Å²) in [5, 5.41) is 0. The van der Waals surface area contributed by atoms with Gasteiger partial charge in [0.1, 0.15) is 0 Å². The highest BCUT2D eigenvalue weighted by Crippen LogP contribution is 2.12. The third-order valence-corrected chi connectivity index (χ3v) is 4.58. The maximum absolute atomic E-state index is 12.1. The van der Waals surface area contributed by atoms with Gasteiger partial charge in [0, 0.05) is 13.1 Å². The Labute approximate surface area is 110 Å². The summed E-state index contributed by atoms with van der Waals surface area (Å²) in [5.74, 6) is 0.158. The lowest BCUT2D eigenvalue weighted by Gasteiger charge is -2.15. The molecule has 2 N–H and O–H groups in total. The highest BCUT2D eigenvalue weighted by Gasteiger charge is 2.14. The van der Waals surface area contributed by atoms with E-state index >= 15 is 0 Å². The van der Waals surface area contributed by atoms with Crippen LogP contribution < -0.4 is 5.73 Å². The molecule has 0 saturated heterocycles. The molecule has 5 heteroatoms. The molecule has 0 amide bonds. The van der Waals surface area contributed by atoms with Crippen LogP contribution in [-0.4, -0.2) is 39.2 Å². The number of nitrogens with zero attached hydrogens (tertiary/aromatic N) is 1. The van der Waals surface area contributed by atoms with E-state index in [2.05, 4.69) is 6.92 Å². The average Bonchev–Trinajstić information content (AvgIpc) is 2.37. The van der Waals surface area contributed by atoms with E-state index in [-0.39, 0.29) is 5.75 Å². The Morgan fingerprint density at radius 2 is 1.78 bits per heavy atom. The van der Waals surface area contributed by atoms with Gasteiger partial charge in [0.25, 0.3) is 0 Å². The van der Waals surface area contributed by atoms with E-state index in [0.29, 0.717) is 18.0 Å². The van der Waals surface area contributed by atoms with Crippen LogP contribution in [0, 0.1) is 0 Å². The number of hydrogen-bond acceptors (Lipinski definition) is 4. The predicted molar refractivity (Wildman–Crippen MR) is 74.2 cm³/mol. The molecule has 102 valence electrons. The first-order valence-corrected chi connectivity index (χ1v) is 7.85. The fourth-order valence-electron chi connectivity index (χ4n) is 1.72. The summed E-state index contributed by atoms with van der Waals surface area (Å²) < 4.78 is 24.2. The van der Waals surface area contributed by atoms with Crippen molar-refractivity contribution in [2.45, 2.75) is 24.8 Å². The maximum Gasteiger partial charge on any atom is 0.179 e. The van der Waals surface area contributed by atoms with Crippen LogP contribution in [0.2, 0.25) is 0 Å². The van der Waals surface area contributed by atoms with Gasteiger partial charge in [-0.1, -0.05) is 19.1 Å². The lowest BCUT2D eigenvalue weighted by atomic mass is 10.2. The first-order chi connectivity index (χ1) is 8.49. The molecule has 0 aromatic heterocycles. The molecule has 0 bridgehead atoms. The molecule has 0 fully saturated rings. The lowest BCUT2D eigenvalue weighted by Crippen LogP contribution is -2.26. The van der Waals surface area contributed by atoms with Crippen molar-refractivity contribution in [1.82, 2.24) is 4.90 Å². The van der Waals surface area contributed by atoms with Gasteiger partial charge < -0.3 is 10.6 Å². The van der Waals surface area contributed by atoms with Gasteiger partial charge in [0.15, 0.2) is 9.84 Å². The van der Waals surface area contributed by atoms with Gasteiger partial charge in [-0.05, 0) is 37.7 Å². The van der Waals surface area contributed by atoms with E-state index in [1.54, 1.807) is 24.3 Å². The summed E-state index contributed by atoms with van der Waals surface area (Å²) in [7, 11) is -1.24. The zero-order chi connectivity index (χ0) is 13.6. The quantitative estimate of drug-likeness (QED) is 0.810. The van der Waals surface area contributed by atoms with Crippen molar-refractivity contribution in [3.8, 4) is 0 Å². The summed E-state index contributed by atoms with van der Waals surface area (Å²) in [4.78, 5) is 2.41. The number of benzene rings is 1. The summed E-state index contributed by atoms with van der Waals surface area (Å²) in [6, 6.07) is 6.81. The van der Waals surface area contributed by atoms with E-state index in [1.807, 2.05) is 11.9 Å². The molecule has 0 unspecified atom stereocenters.